The molecule has 0 fully saturated rings. The molecule has 31 heavy (non-hydrogen) atoms. The van der Waals surface area contributed by atoms with Crippen LogP contribution in [0.4, 0.5) is 5.69 Å². The van der Waals surface area contributed by atoms with Crippen molar-refractivity contribution in [2.75, 3.05) is 5.73 Å². The van der Waals surface area contributed by atoms with Crippen LogP contribution in [0.15, 0.2) is 66.4 Å². The van der Waals surface area contributed by atoms with E-state index in [1.54, 1.807) is 6.07 Å². The molecule has 0 radical (unpaired) electrons. The van der Waals surface area contributed by atoms with Crippen LogP contribution in [0.2, 0.25) is 0 Å². The quantitative estimate of drug-likeness (QED) is 0.281. The van der Waals surface area contributed by atoms with E-state index in [1.807, 2.05) is 31.2 Å². The summed E-state index contributed by atoms with van der Waals surface area (Å²) in [4.78, 5) is 20.9. The summed E-state index contributed by atoms with van der Waals surface area (Å²) in [5.41, 5.74) is 14.9. The van der Waals surface area contributed by atoms with Crippen LogP contribution in [0, 0.1) is 5.41 Å². The van der Waals surface area contributed by atoms with Crippen molar-refractivity contribution in [2.24, 2.45) is 5.73 Å². The average molecular weight is 435 g/mol. The van der Waals surface area contributed by atoms with Crippen molar-refractivity contribution in [1.29, 1.82) is 5.41 Å². The van der Waals surface area contributed by atoms with Crippen LogP contribution in [-0.2, 0) is 9.59 Å². The Morgan fingerprint density at radius 3 is 2.48 bits per heavy atom. The van der Waals surface area contributed by atoms with E-state index in [0.717, 1.165) is 27.8 Å². The third kappa shape index (κ3) is 4.75. The highest BCUT2D eigenvalue weighted by molar-refractivity contribution is 6.69. The number of carbonyl (C=O) groups excluding carboxylic acids is 2. The lowest BCUT2D eigenvalue weighted by Gasteiger charge is -2.29. The summed E-state index contributed by atoms with van der Waals surface area (Å²) in [7, 11) is 0. The molecule has 3 aromatic rings. The highest BCUT2D eigenvalue weighted by Gasteiger charge is 2.29. The molecule has 0 spiro atoms. The molecule has 6 N–H and O–H groups in total. The molecule has 6 nitrogen and oxygen atoms in total. The zero-order valence-corrected chi connectivity index (χ0v) is 17.7. The van der Waals surface area contributed by atoms with Crippen molar-refractivity contribution in [3.05, 3.63) is 83.1 Å². The second-order valence-electron chi connectivity index (χ2n) is 7.20. The number of benzene rings is 3. The number of allylic oxidation sites excluding steroid dienone is 2. The second-order valence-corrected chi connectivity index (χ2v) is 7.58. The van der Waals surface area contributed by atoms with Crippen LogP contribution >= 0.6 is 11.6 Å². The number of nitrogen functional groups attached to an aromatic ring is 1. The first-order valence-electron chi connectivity index (χ1n) is 9.64. The van der Waals surface area contributed by atoms with Gasteiger partial charge in [0, 0.05) is 29.3 Å². The van der Waals surface area contributed by atoms with Crippen LogP contribution in [-0.4, -0.2) is 17.5 Å². The van der Waals surface area contributed by atoms with Gasteiger partial charge in [0.1, 0.15) is 5.17 Å². The van der Waals surface area contributed by atoms with Gasteiger partial charge in [0.15, 0.2) is 0 Å². The Bertz CT molecular complexity index is 1200. The van der Waals surface area contributed by atoms with Crippen LogP contribution in [0.1, 0.15) is 36.0 Å². The molecule has 1 atom stereocenters. The molecule has 0 aliphatic carbocycles. The van der Waals surface area contributed by atoms with E-state index in [2.05, 4.69) is 41.4 Å². The maximum Gasteiger partial charge on any atom is 0.225 e. The summed E-state index contributed by atoms with van der Waals surface area (Å²) in [6, 6.07) is 20.0. The molecule has 0 aromatic heterocycles. The van der Waals surface area contributed by atoms with Gasteiger partial charge in [-0.2, -0.15) is 0 Å². The number of hydrogen-bond donors (Lipinski definition) is 4. The summed E-state index contributed by atoms with van der Waals surface area (Å²) in [6.07, 6.45) is 0.614. The molecular formula is C24H23ClN4O2. The molecule has 1 unspecified atom stereocenters. The summed E-state index contributed by atoms with van der Waals surface area (Å²) < 4.78 is 0. The lowest BCUT2D eigenvalue weighted by molar-refractivity contribution is -0.120. The Morgan fingerprint density at radius 1 is 1.13 bits per heavy atom. The van der Waals surface area contributed by atoms with Crippen molar-refractivity contribution >= 4 is 51.1 Å². The molecule has 0 bridgehead atoms. The molecule has 3 aromatic carbocycles. The number of carbonyl (C=O) groups is 2. The standard InChI is InChI=1S/C23H20ClN3O.CH3NO/c1-13-22(17-8-9-20(25)19(11-17)23(24)26)18(12-21(28)27-13)16-7-6-14-4-2-3-5-15(14)10-16;2-1-3/h2-11,18,26H,12,25H2,1H3,(H,27,28);1H,(H2,2,3). The summed E-state index contributed by atoms with van der Waals surface area (Å²) >= 11 is 5.92. The van der Waals surface area contributed by atoms with E-state index in [0.29, 0.717) is 17.7 Å². The van der Waals surface area contributed by atoms with Gasteiger partial charge in [0.2, 0.25) is 12.3 Å². The predicted octanol–water partition coefficient (Wildman–Crippen LogP) is 4.12. The Morgan fingerprint density at radius 2 is 1.81 bits per heavy atom. The van der Waals surface area contributed by atoms with Gasteiger partial charge in [-0.15, -0.1) is 0 Å². The number of amides is 2. The number of anilines is 1. The van der Waals surface area contributed by atoms with Crippen LogP contribution in [0.25, 0.3) is 16.3 Å². The van der Waals surface area contributed by atoms with Gasteiger partial charge >= 0.3 is 0 Å². The Hall–Kier alpha value is -3.64. The van der Waals surface area contributed by atoms with Crippen LogP contribution < -0.4 is 16.8 Å². The normalized spacial score (nSPS) is 15.7. The number of fused-ring (bicyclic) bond motifs is 1. The van der Waals surface area contributed by atoms with Crippen molar-refractivity contribution in [3.8, 4) is 0 Å². The third-order valence-corrected chi connectivity index (χ3v) is 5.45. The van der Waals surface area contributed by atoms with E-state index in [4.69, 9.17) is 27.5 Å². The van der Waals surface area contributed by atoms with E-state index in [1.165, 1.54) is 5.39 Å². The van der Waals surface area contributed by atoms with E-state index < -0.39 is 0 Å². The van der Waals surface area contributed by atoms with Gasteiger partial charge < -0.3 is 16.8 Å². The smallest absolute Gasteiger partial charge is 0.225 e. The average Bonchev–Trinajstić information content (AvgIpc) is 2.74. The van der Waals surface area contributed by atoms with E-state index >= 15 is 0 Å². The molecule has 2 amide bonds. The molecule has 1 aliphatic heterocycles. The lowest BCUT2D eigenvalue weighted by Crippen LogP contribution is -2.30. The van der Waals surface area contributed by atoms with Crippen molar-refractivity contribution in [1.82, 2.24) is 5.32 Å². The highest BCUT2D eigenvalue weighted by Crippen LogP contribution is 2.40. The topological polar surface area (TPSA) is 122 Å². The molecule has 0 saturated heterocycles. The van der Waals surface area contributed by atoms with E-state index in [9.17, 15) is 4.79 Å². The number of halogens is 1. The van der Waals surface area contributed by atoms with Gasteiger partial charge in [-0.3, -0.25) is 15.0 Å². The van der Waals surface area contributed by atoms with Crippen LogP contribution in [0.3, 0.4) is 0 Å². The second kappa shape index (κ2) is 9.45. The molecule has 4 rings (SSSR count). The predicted molar refractivity (Wildman–Crippen MR) is 126 cm³/mol. The van der Waals surface area contributed by atoms with Gasteiger partial charge in [0.25, 0.3) is 0 Å². The maximum absolute atomic E-state index is 12.3. The first-order valence-corrected chi connectivity index (χ1v) is 10.0. The lowest BCUT2D eigenvalue weighted by atomic mass is 9.80. The number of nitrogens with one attached hydrogen (secondary N) is 2. The van der Waals surface area contributed by atoms with Gasteiger partial charge in [-0.25, -0.2) is 0 Å². The Kier molecular flexibility index (Phi) is 6.72. The summed E-state index contributed by atoms with van der Waals surface area (Å²) in [6.45, 7) is 1.91. The SMILES string of the molecule is CC1=C(c2ccc(N)c(C(=N)Cl)c2)C(c2ccc3ccccc3c2)CC(=O)N1.NC=O. The van der Waals surface area contributed by atoms with Crippen molar-refractivity contribution < 1.29 is 9.59 Å². The number of hydrogen-bond acceptors (Lipinski definition) is 4. The maximum atomic E-state index is 12.3. The minimum atomic E-state index is -0.0975. The fourth-order valence-electron chi connectivity index (χ4n) is 3.92. The number of primary amides is 1. The Labute approximate surface area is 185 Å². The molecule has 158 valence electrons. The molecule has 1 heterocycles. The zero-order chi connectivity index (χ0) is 22.5. The Balaban J connectivity index is 0.000000858. The van der Waals surface area contributed by atoms with Gasteiger partial charge in [-0.05, 0) is 46.5 Å². The first kappa shape index (κ1) is 22.1. The molecule has 7 heteroatoms. The zero-order valence-electron chi connectivity index (χ0n) is 17.0. The highest BCUT2D eigenvalue weighted by atomic mass is 35.5. The van der Waals surface area contributed by atoms with Crippen LogP contribution in [0.5, 0.6) is 0 Å². The largest absolute Gasteiger partial charge is 0.398 e. The first-order chi connectivity index (χ1) is 14.8. The molecule has 0 saturated carbocycles. The fraction of sp³-hybridized carbons (Fsp3) is 0.125. The summed E-state index contributed by atoms with van der Waals surface area (Å²) in [5.74, 6) is -0.0838. The minimum absolute atomic E-state index is 0.000151. The number of nitrogens with two attached hydrogens (primary N) is 2. The monoisotopic (exact) mass is 434 g/mol. The summed E-state index contributed by atoms with van der Waals surface area (Å²) in [5, 5.41) is 12.9. The van der Waals surface area contributed by atoms with E-state index in [-0.39, 0.29) is 23.4 Å². The minimum Gasteiger partial charge on any atom is -0.398 e. The molecular weight excluding hydrogens is 412 g/mol. The molecule has 1 aliphatic rings. The van der Waals surface area contributed by atoms with Gasteiger partial charge in [0.05, 0.1) is 0 Å². The van der Waals surface area contributed by atoms with Crippen molar-refractivity contribution in [3.63, 3.8) is 0 Å². The van der Waals surface area contributed by atoms with Crippen molar-refractivity contribution in [2.45, 2.75) is 19.3 Å². The fourth-order valence-corrected chi connectivity index (χ4v) is 4.08. The number of rotatable bonds is 3. The van der Waals surface area contributed by atoms with Gasteiger partial charge in [-0.1, -0.05) is 60.1 Å². The third-order valence-electron chi connectivity index (χ3n) is 5.25.